The van der Waals surface area contributed by atoms with Crippen molar-refractivity contribution in [2.24, 2.45) is 0 Å². The van der Waals surface area contributed by atoms with Gasteiger partial charge in [-0.2, -0.15) is 0 Å². The van der Waals surface area contributed by atoms with Crippen LogP contribution in [0.3, 0.4) is 0 Å². The molecule has 31 heavy (non-hydrogen) atoms. The Bertz CT molecular complexity index is 983. The first kappa shape index (κ1) is 23.4. The maximum atomic E-state index is 12.6. The molecule has 0 unspecified atom stereocenters. The van der Waals surface area contributed by atoms with Gasteiger partial charge in [-0.1, -0.05) is 0 Å². The maximum Gasteiger partial charge on any atom is 0.196 e. The molecule has 1 aliphatic heterocycles. The van der Waals surface area contributed by atoms with Gasteiger partial charge in [0.05, 0.1) is 24.4 Å². The summed E-state index contributed by atoms with van der Waals surface area (Å²) >= 11 is 0. The molecule has 0 spiro atoms. The second-order valence-electron chi connectivity index (χ2n) is 7.80. The Morgan fingerprint density at radius 1 is 1.06 bits per heavy atom. The fourth-order valence-electron chi connectivity index (χ4n) is 3.79. The molecule has 11 nitrogen and oxygen atoms in total. The van der Waals surface area contributed by atoms with E-state index < -0.39 is 71.8 Å². The lowest BCUT2D eigenvalue weighted by molar-refractivity contribution is -0.232. The fourth-order valence-corrected chi connectivity index (χ4v) is 3.79. The van der Waals surface area contributed by atoms with Crippen LogP contribution in [0, 0.1) is 0 Å². The molecule has 0 aliphatic carbocycles. The number of hydrogen-bond acceptors (Lipinski definition) is 11. The zero-order valence-electron chi connectivity index (χ0n) is 16.6. The van der Waals surface area contributed by atoms with Gasteiger partial charge in [0.15, 0.2) is 5.43 Å². The van der Waals surface area contributed by atoms with Crippen molar-refractivity contribution in [1.82, 2.24) is 0 Å². The molecule has 0 radical (unpaired) electrons. The normalized spacial score (nSPS) is 28.5. The van der Waals surface area contributed by atoms with E-state index in [-0.39, 0.29) is 29.6 Å². The summed E-state index contributed by atoms with van der Waals surface area (Å²) < 4.78 is 10.9. The molecule has 3 rings (SSSR count). The third-order valence-electron chi connectivity index (χ3n) is 5.29. The van der Waals surface area contributed by atoms with Crippen LogP contribution < -0.4 is 5.43 Å². The summed E-state index contributed by atoms with van der Waals surface area (Å²) in [6.45, 7) is 0.785. The van der Waals surface area contributed by atoms with Crippen LogP contribution in [-0.2, 0) is 11.2 Å². The predicted molar refractivity (Wildman–Crippen MR) is 105 cm³/mol. The Morgan fingerprint density at radius 2 is 1.74 bits per heavy atom. The molecule has 172 valence electrons. The molecular weight excluding hydrogens is 416 g/mol. The zero-order chi connectivity index (χ0) is 23.0. The number of benzene rings is 1. The number of aromatic hydroxyl groups is 2. The van der Waals surface area contributed by atoms with Crippen LogP contribution in [0.1, 0.15) is 30.8 Å². The molecule has 0 bridgehead atoms. The van der Waals surface area contributed by atoms with Crippen molar-refractivity contribution in [3.05, 3.63) is 33.7 Å². The predicted octanol–water partition coefficient (Wildman–Crippen LogP) is -1.61. The SMILES string of the molecule is C[C@H](O)C[C@@H](O)Cc1cc(=O)c2c(O)c([C@@H]3O[C@H](CO)[C@@H](O)[C@H](O)[C@H]3O)c(O)cc2o1. The van der Waals surface area contributed by atoms with E-state index in [0.717, 1.165) is 12.1 Å². The van der Waals surface area contributed by atoms with Gasteiger partial charge in [0.2, 0.25) is 0 Å². The summed E-state index contributed by atoms with van der Waals surface area (Å²) in [6, 6.07) is 2.05. The molecular formula is C20H26O11. The van der Waals surface area contributed by atoms with Gasteiger partial charge in [-0.25, -0.2) is 0 Å². The summed E-state index contributed by atoms with van der Waals surface area (Å²) in [7, 11) is 0. The number of aliphatic hydroxyl groups excluding tert-OH is 6. The first-order chi connectivity index (χ1) is 14.5. The highest BCUT2D eigenvalue weighted by Gasteiger charge is 2.46. The first-order valence-electron chi connectivity index (χ1n) is 9.73. The van der Waals surface area contributed by atoms with Crippen molar-refractivity contribution in [1.29, 1.82) is 0 Å². The zero-order valence-corrected chi connectivity index (χ0v) is 16.6. The molecule has 7 atom stereocenters. The lowest BCUT2D eigenvalue weighted by Crippen LogP contribution is -2.55. The summed E-state index contributed by atoms with van der Waals surface area (Å²) in [4.78, 5) is 12.6. The summed E-state index contributed by atoms with van der Waals surface area (Å²) in [5, 5.41) is 79.6. The lowest BCUT2D eigenvalue weighted by Gasteiger charge is -2.40. The van der Waals surface area contributed by atoms with E-state index in [4.69, 9.17) is 9.15 Å². The van der Waals surface area contributed by atoms with Crippen molar-refractivity contribution in [3.63, 3.8) is 0 Å². The van der Waals surface area contributed by atoms with E-state index in [9.17, 15) is 45.6 Å². The van der Waals surface area contributed by atoms with Gasteiger partial charge in [0.25, 0.3) is 0 Å². The van der Waals surface area contributed by atoms with E-state index in [1.807, 2.05) is 0 Å². The Balaban J connectivity index is 2.04. The van der Waals surface area contributed by atoms with Crippen LogP contribution in [0.4, 0.5) is 0 Å². The lowest BCUT2D eigenvalue weighted by atomic mass is 9.89. The number of phenols is 2. The van der Waals surface area contributed by atoms with Crippen LogP contribution in [0.5, 0.6) is 11.5 Å². The largest absolute Gasteiger partial charge is 0.507 e. The highest BCUT2D eigenvalue weighted by molar-refractivity contribution is 5.87. The van der Waals surface area contributed by atoms with Crippen LogP contribution >= 0.6 is 0 Å². The van der Waals surface area contributed by atoms with Crippen molar-refractivity contribution >= 4 is 11.0 Å². The second-order valence-corrected chi connectivity index (χ2v) is 7.80. The topological polar surface area (TPSA) is 201 Å². The molecule has 1 fully saturated rings. The third kappa shape index (κ3) is 4.53. The van der Waals surface area contributed by atoms with Gasteiger partial charge in [-0.3, -0.25) is 4.79 Å². The molecule has 8 N–H and O–H groups in total. The van der Waals surface area contributed by atoms with E-state index in [1.54, 1.807) is 0 Å². The molecule has 0 amide bonds. The average molecular weight is 442 g/mol. The number of phenolic OH excluding ortho intramolecular Hbond substituents is 2. The Labute approximate surface area is 176 Å². The van der Waals surface area contributed by atoms with Crippen molar-refractivity contribution < 1.29 is 50.0 Å². The first-order valence-corrected chi connectivity index (χ1v) is 9.73. The summed E-state index contributed by atoms with van der Waals surface area (Å²) in [6.07, 6.45) is -9.82. The van der Waals surface area contributed by atoms with Crippen LogP contribution in [0.15, 0.2) is 21.3 Å². The maximum absolute atomic E-state index is 12.6. The Hall–Kier alpha value is -2.25. The molecule has 1 aromatic carbocycles. The summed E-state index contributed by atoms with van der Waals surface area (Å²) in [5.74, 6) is -1.33. The van der Waals surface area contributed by atoms with Gasteiger partial charge in [0, 0.05) is 18.6 Å². The van der Waals surface area contributed by atoms with E-state index in [2.05, 4.69) is 0 Å². The smallest absolute Gasteiger partial charge is 0.196 e. The van der Waals surface area contributed by atoms with Gasteiger partial charge in [-0.05, 0) is 13.3 Å². The molecule has 1 aliphatic rings. The molecule has 11 heteroatoms. The Morgan fingerprint density at radius 3 is 2.35 bits per heavy atom. The van der Waals surface area contributed by atoms with Crippen LogP contribution in [0.2, 0.25) is 0 Å². The molecule has 0 saturated carbocycles. The fraction of sp³-hybridized carbons (Fsp3) is 0.550. The van der Waals surface area contributed by atoms with Crippen molar-refractivity contribution in [2.75, 3.05) is 6.61 Å². The van der Waals surface area contributed by atoms with Gasteiger partial charge in [0.1, 0.15) is 58.7 Å². The molecule has 2 heterocycles. The van der Waals surface area contributed by atoms with Gasteiger partial charge < -0.3 is 50.0 Å². The van der Waals surface area contributed by atoms with E-state index in [0.29, 0.717) is 0 Å². The minimum atomic E-state index is -1.78. The standard InChI is InChI=1S/C20H26O11/c1-7(22)2-8(23)3-9-4-10(24)14-12(30-9)5-11(25)15(17(14)27)20-19(29)18(28)16(26)13(6-21)31-20/h4-5,7-8,13,16,18-23,25-29H,2-3,6H2,1H3/t7-,8+,13+,16+,18-,19+,20-/m0/s1. The molecule has 2 aromatic rings. The highest BCUT2D eigenvalue weighted by Crippen LogP contribution is 2.44. The average Bonchev–Trinajstić information content (AvgIpc) is 2.66. The monoisotopic (exact) mass is 442 g/mol. The number of rotatable bonds is 6. The minimum absolute atomic E-state index is 0.0499. The number of fused-ring (bicyclic) bond motifs is 1. The van der Waals surface area contributed by atoms with Crippen molar-refractivity contribution in [2.45, 2.75) is 62.5 Å². The quantitative estimate of drug-likeness (QED) is 0.256. The summed E-state index contributed by atoms with van der Waals surface area (Å²) in [5.41, 5.74) is -1.32. The van der Waals surface area contributed by atoms with Crippen LogP contribution in [0.25, 0.3) is 11.0 Å². The number of hydrogen-bond donors (Lipinski definition) is 8. The minimum Gasteiger partial charge on any atom is -0.507 e. The number of ether oxygens (including phenoxy) is 1. The van der Waals surface area contributed by atoms with E-state index in [1.165, 1.54) is 6.92 Å². The van der Waals surface area contributed by atoms with E-state index >= 15 is 0 Å². The van der Waals surface area contributed by atoms with Crippen LogP contribution in [-0.4, -0.2) is 84.1 Å². The van der Waals surface area contributed by atoms with Gasteiger partial charge in [-0.15, -0.1) is 0 Å². The molecule has 1 saturated heterocycles. The second kappa shape index (κ2) is 9.09. The van der Waals surface area contributed by atoms with Gasteiger partial charge >= 0.3 is 0 Å². The van der Waals surface area contributed by atoms with Crippen molar-refractivity contribution in [3.8, 4) is 11.5 Å². The Kier molecular flexibility index (Phi) is 6.86. The highest BCUT2D eigenvalue weighted by atomic mass is 16.5. The number of aliphatic hydroxyl groups is 6. The molecule has 1 aromatic heterocycles. The third-order valence-corrected chi connectivity index (χ3v) is 5.29.